The standard InChI is InChI=1S/C20H23N3O2/c1-14-4-3-5-18-15(13-21-20(14)18)12-19(25)22-16-6-8-17(9-7-16)23(2)10-11-24/h3-9,13,21,24H,10-12H2,1-2H3,(H,22,25). The number of nitrogens with one attached hydrogen (secondary N) is 2. The third-order valence-electron chi connectivity index (χ3n) is 4.39. The van der Waals surface area contributed by atoms with Crippen LogP contribution in [-0.2, 0) is 11.2 Å². The highest BCUT2D eigenvalue weighted by molar-refractivity contribution is 5.96. The second-order valence-electron chi connectivity index (χ2n) is 6.23. The smallest absolute Gasteiger partial charge is 0.228 e. The molecule has 0 aliphatic rings. The molecule has 2 aromatic carbocycles. The lowest BCUT2D eigenvalue weighted by atomic mass is 10.1. The molecule has 5 nitrogen and oxygen atoms in total. The lowest BCUT2D eigenvalue weighted by Gasteiger charge is -2.18. The number of hydrogen-bond donors (Lipinski definition) is 3. The van der Waals surface area contributed by atoms with E-state index in [4.69, 9.17) is 5.11 Å². The molecule has 1 heterocycles. The van der Waals surface area contributed by atoms with Crippen LogP contribution in [0.4, 0.5) is 11.4 Å². The van der Waals surface area contributed by atoms with Crippen molar-refractivity contribution in [2.24, 2.45) is 0 Å². The lowest BCUT2D eigenvalue weighted by molar-refractivity contribution is -0.115. The number of nitrogens with zero attached hydrogens (tertiary/aromatic N) is 1. The highest BCUT2D eigenvalue weighted by Crippen LogP contribution is 2.22. The summed E-state index contributed by atoms with van der Waals surface area (Å²) in [6, 6.07) is 13.7. The van der Waals surface area contributed by atoms with Crippen LogP contribution in [0.1, 0.15) is 11.1 Å². The number of aromatic amines is 1. The minimum atomic E-state index is -0.0427. The molecule has 0 atom stereocenters. The van der Waals surface area contributed by atoms with Crippen LogP contribution in [0.15, 0.2) is 48.7 Å². The van der Waals surface area contributed by atoms with Crippen LogP contribution < -0.4 is 10.2 Å². The number of carbonyl (C=O) groups is 1. The fourth-order valence-electron chi connectivity index (χ4n) is 2.97. The Morgan fingerprint density at radius 3 is 2.68 bits per heavy atom. The van der Waals surface area contributed by atoms with Crippen molar-refractivity contribution in [2.75, 3.05) is 30.4 Å². The Morgan fingerprint density at radius 2 is 1.96 bits per heavy atom. The Kier molecular flexibility index (Phi) is 5.05. The summed E-state index contributed by atoms with van der Waals surface area (Å²) in [5, 5.41) is 13.0. The quantitative estimate of drug-likeness (QED) is 0.647. The van der Waals surface area contributed by atoms with Crippen LogP contribution in [-0.4, -0.2) is 36.2 Å². The lowest BCUT2D eigenvalue weighted by Crippen LogP contribution is -2.21. The largest absolute Gasteiger partial charge is 0.395 e. The molecule has 25 heavy (non-hydrogen) atoms. The summed E-state index contributed by atoms with van der Waals surface area (Å²) < 4.78 is 0. The molecule has 0 bridgehead atoms. The maximum Gasteiger partial charge on any atom is 0.228 e. The van der Waals surface area contributed by atoms with Crippen LogP contribution in [0, 0.1) is 6.92 Å². The van der Waals surface area contributed by atoms with Gasteiger partial charge in [-0.05, 0) is 42.3 Å². The van der Waals surface area contributed by atoms with Crippen molar-refractivity contribution in [1.82, 2.24) is 4.98 Å². The molecule has 0 unspecified atom stereocenters. The van der Waals surface area contributed by atoms with Crippen LogP contribution in [0.5, 0.6) is 0 Å². The first-order valence-corrected chi connectivity index (χ1v) is 8.36. The van der Waals surface area contributed by atoms with E-state index in [2.05, 4.69) is 23.3 Å². The van der Waals surface area contributed by atoms with Crippen LogP contribution in [0.25, 0.3) is 10.9 Å². The number of likely N-dealkylation sites (N-methyl/N-ethyl adjacent to an activating group) is 1. The SMILES string of the molecule is Cc1cccc2c(CC(=O)Nc3ccc(N(C)CCO)cc3)c[nH]c12. The number of anilines is 2. The number of aliphatic hydroxyl groups excluding tert-OH is 1. The van der Waals surface area contributed by atoms with E-state index in [1.165, 1.54) is 5.56 Å². The molecule has 0 aliphatic carbocycles. The average molecular weight is 337 g/mol. The van der Waals surface area contributed by atoms with Gasteiger partial charge in [0.15, 0.2) is 0 Å². The topological polar surface area (TPSA) is 68.4 Å². The minimum Gasteiger partial charge on any atom is -0.395 e. The van der Waals surface area contributed by atoms with Crippen molar-refractivity contribution in [3.8, 4) is 0 Å². The summed E-state index contributed by atoms with van der Waals surface area (Å²) in [4.78, 5) is 17.6. The van der Waals surface area contributed by atoms with Gasteiger partial charge in [-0.2, -0.15) is 0 Å². The van der Waals surface area contributed by atoms with Gasteiger partial charge in [-0.15, -0.1) is 0 Å². The number of para-hydroxylation sites is 1. The van der Waals surface area contributed by atoms with Gasteiger partial charge in [0.1, 0.15) is 0 Å². The monoisotopic (exact) mass is 337 g/mol. The summed E-state index contributed by atoms with van der Waals surface area (Å²) in [6.45, 7) is 2.74. The molecule has 5 heteroatoms. The van der Waals surface area contributed by atoms with E-state index in [9.17, 15) is 4.79 Å². The second-order valence-corrected chi connectivity index (χ2v) is 6.23. The van der Waals surface area contributed by atoms with Gasteiger partial charge >= 0.3 is 0 Å². The molecule has 3 aromatic rings. The number of H-pyrrole nitrogens is 1. The molecule has 0 radical (unpaired) electrons. The Bertz CT molecular complexity index is 868. The fraction of sp³-hybridized carbons (Fsp3) is 0.250. The molecule has 3 N–H and O–H groups in total. The first-order chi connectivity index (χ1) is 12.1. The van der Waals surface area contributed by atoms with E-state index < -0.39 is 0 Å². The van der Waals surface area contributed by atoms with E-state index in [1.54, 1.807) is 0 Å². The highest BCUT2D eigenvalue weighted by Gasteiger charge is 2.10. The molecular formula is C20H23N3O2. The van der Waals surface area contributed by atoms with E-state index in [0.29, 0.717) is 13.0 Å². The predicted molar refractivity (Wildman–Crippen MR) is 102 cm³/mol. The van der Waals surface area contributed by atoms with Gasteiger partial charge in [0.2, 0.25) is 5.91 Å². The summed E-state index contributed by atoms with van der Waals surface area (Å²) in [5.41, 5.74) is 5.02. The highest BCUT2D eigenvalue weighted by atomic mass is 16.3. The fourth-order valence-corrected chi connectivity index (χ4v) is 2.97. The predicted octanol–water partition coefficient (Wildman–Crippen LogP) is 3.09. The van der Waals surface area contributed by atoms with Crippen molar-refractivity contribution < 1.29 is 9.90 Å². The summed E-state index contributed by atoms with van der Waals surface area (Å²) in [6.07, 6.45) is 2.24. The Morgan fingerprint density at radius 1 is 1.20 bits per heavy atom. The number of hydrogen-bond acceptors (Lipinski definition) is 3. The molecule has 130 valence electrons. The van der Waals surface area contributed by atoms with E-state index >= 15 is 0 Å². The van der Waals surface area contributed by atoms with Gasteiger partial charge in [-0.3, -0.25) is 4.79 Å². The number of amides is 1. The van der Waals surface area contributed by atoms with Crippen LogP contribution in [0.3, 0.4) is 0 Å². The third kappa shape index (κ3) is 3.83. The van der Waals surface area contributed by atoms with Gasteiger partial charge in [0.25, 0.3) is 0 Å². The first-order valence-electron chi connectivity index (χ1n) is 8.36. The van der Waals surface area contributed by atoms with Gasteiger partial charge < -0.3 is 20.3 Å². The average Bonchev–Trinajstić information content (AvgIpc) is 3.00. The van der Waals surface area contributed by atoms with Crippen molar-refractivity contribution in [3.05, 3.63) is 59.8 Å². The Hall–Kier alpha value is -2.79. The Labute approximate surface area is 147 Å². The molecule has 1 amide bonds. The molecule has 3 rings (SSSR count). The number of aromatic nitrogens is 1. The number of aryl methyl sites for hydroxylation is 1. The summed E-state index contributed by atoms with van der Waals surface area (Å²) in [7, 11) is 1.92. The zero-order chi connectivity index (χ0) is 17.8. The van der Waals surface area contributed by atoms with Crippen molar-refractivity contribution in [1.29, 1.82) is 0 Å². The van der Waals surface area contributed by atoms with Crippen molar-refractivity contribution >= 4 is 28.2 Å². The summed E-state index contributed by atoms with van der Waals surface area (Å²) in [5.74, 6) is -0.0427. The first kappa shape index (κ1) is 17.0. The Balaban J connectivity index is 1.67. The van der Waals surface area contributed by atoms with Crippen molar-refractivity contribution in [2.45, 2.75) is 13.3 Å². The zero-order valence-electron chi connectivity index (χ0n) is 14.5. The number of rotatable bonds is 6. The minimum absolute atomic E-state index is 0.0427. The van der Waals surface area contributed by atoms with Gasteiger partial charge in [-0.25, -0.2) is 0 Å². The maximum absolute atomic E-state index is 12.4. The molecule has 0 saturated carbocycles. The number of aliphatic hydroxyl groups is 1. The van der Waals surface area contributed by atoms with Gasteiger partial charge in [-0.1, -0.05) is 18.2 Å². The third-order valence-corrected chi connectivity index (χ3v) is 4.39. The number of fused-ring (bicyclic) bond motifs is 1. The molecule has 0 saturated heterocycles. The van der Waals surface area contributed by atoms with Crippen molar-refractivity contribution in [3.63, 3.8) is 0 Å². The molecular weight excluding hydrogens is 314 g/mol. The van der Waals surface area contributed by atoms with E-state index in [1.807, 2.05) is 54.5 Å². The van der Waals surface area contributed by atoms with E-state index in [-0.39, 0.29) is 12.5 Å². The number of carbonyl (C=O) groups excluding carboxylic acids is 1. The van der Waals surface area contributed by atoms with Gasteiger partial charge in [0, 0.05) is 42.1 Å². The second kappa shape index (κ2) is 7.40. The maximum atomic E-state index is 12.4. The van der Waals surface area contributed by atoms with E-state index in [0.717, 1.165) is 27.8 Å². The van der Waals surface area contributed by atoms with Gasteiger partial charge in [0.05, 0.1) is 13.0 Å². The summed E-state index contributed by atoms with van der Waals surface area (Å²) >= 11 is 0. The van der Waals surface area contributed by atoms with Crippen LogP contribution >= 0.6 is 0 Å². The molecule has 0 fully saturated rings. The number of benzene rings is 2. The zero-order valence-corrected chi connectivity index (χ0v) is 14.5. The molecule has 0 aliphatic heterocycles. The van der Waals surface area contributed by atoms with Crippen LogP contribution in [0.2, 0.25) is 0 Å². The molecule has 1 aromatic heterocycles. The normalized spacial score (nSPS) is 10.8. The molecule has 0 spiro atoms.